The average Bonchev–Trinajstić information content (AvgIpc) is 2.76. The zero-order valence-corrected chi connectivity index (χ0v) is 12.7. The van der Waals surface area contributed by atoms with Crippen LogP contribution in [-0.2, 0) is 13.1 Å². The zero-order valence-electron chi connectivity index (χ0n) is 12.7. The molecule has 4 heteroatoms. The molecule has 1 saturated heterocycles. The molecule has 0 unspecified atom stereocenters. The third-order valence-corrected chi connectivity index (χ3v) is 4.06. The van der Waals surface area contributed by atoms with E-state index in [-0.39, 0.29) is 5.54 Å². The maximum atomic E-state index is 4.80. The van der Waals surface area contributed by atoms with E-state index in [1.807, 2.05) is 0 Å². The fourth-order valence-corrected chi connectivity index (χ4v) is 3.15. The lowest BCUT2D eigenvalue weighted by molar-refractivity contribution is 0.147. The Labute approximate surface area is 120 Å². The Morgan fingerprint density at radius 2 is 2.10 bits per heavy atom. The van der Waals surface area contributed by atoms with Gasteiger partial charge in [0.15, 0.2) is 0 Å². The molecular formula is C16H24N4. The van der Waals surface area contributed by atoms with Crippen molar-refractivity contribution in [2.75, 3.05) is 19.6 Å². The van der Waals surface area contributed by atoms with Crippen molar-refractivity contribution in [1.29, 1.82) is 0 Å². The van der Waals surface area contributed by atoms with E-state index in [1.165, 1.54) is 16.6 Å². The minimum Gasteiger partial charge on any atom is -0.309 e. The number of benzene rings is 1. The molecule has 4 nitrogen and oxygen atoms in total. The molecule has 0 aliphatic carbocycles. The molecule has 20 heavy (non-hydrogen) atoms. The summed E-state index contributed by atoms with van der Waals surface area (Å²) in [5.41, 5.74) is 2.65. The highest BCUT2D eigenvalue weighted by Gasteiger charge is 2.26. The second kappa shape index (κ2) is 5.19. The van der Waals surface area contributed by atoms with Gasteiger partial charge in [-0.3, -0.25) is 9.58 Å². The molecule has 1 aromatic heterocycles. The number of nitrogens with one attached hydrogen (secondary N) is 1. The standard InChI is InChI=1S/C16H24N4/c1-4-20-15-8-6-5-7-13(15)14(18-20)11-19-10-9-17-16(2,3)12-19/h5-8,17H,4,9-12H2,1-3H3. The summed E-state index contributed by atoms with van der Waals surface area (Å²) >= 11 is 0. The number of hydrogen-bond donors (Lipinski definition) is 1. The van der Waals surface area contributed by atoms with Gasteiger partial charge in [-0.25, -0.2) is 0 Å². The van der Waals surface area contributed by atoms with E-state index in [2.05, 4.69) is 59.9 Å². The van der Waals surface area contributed by atoms with E-state index in [9.17, 15) is 0 Å². The summed E-state index contributed by atoms with van der Waals surface area (Å²) in [4.78, 5) is 2.51. The molecule has 3 rings (SSSR count). The van der Waals surface area contributed by atoms with Crippen LogP contribution in [0.1, 0.15) is 26.5 Å². The molecule has 0 atom stereocenters. The normalized spacial score (nSPS) is 19.6. The van der Waals surface area contributed by atoms with Crippen LogP contribution in [0.2, 0.25) is 0 Å². The van der Waals surface area contributed by atoms with Gasteiger partial charge < -0.3 is 5.32 Å². The topological polar surface area (TPSA) is 33.1 Å². The number of piperazine rings is 1. The number of aryl methyl sites for hydroxylation is 1. The lowest BCUT2D eigenvalue weighted by Gasteiger charge is -2.38. The number of hydrogen-bond acceptors (Lipinski definition) is 3. The molecule has 1 aliphatic heterocycles. The predicted molar refractivity (Wildman–Crippen MR) is 82.8 cm³/mol. The summed E-state index contributed by atoms with van der Waals surface area (Å²) < 4.78 is 2.11. The Bertz CT molecular complexity index is 600. The van der Waals surface area contributed by atoms with Gasteiger partial charge in [-0.05, 0) is 26.8 Å². The molecule has 1 aliphatic rings. The average molecular weight is 272 g/mol. The zero-order chi connectivity index (χ0) is 14.2. The van der Waals surface area contributed by atoms with Crippen molar-refractivity contribution in [2.45, 2.75) is 39.4 Å². The first kappa shape index (κ1) is 13.6. The van der Waals surface area contributed by atoms with Crippen molar-refractivity contribution in [3.05, 3.63) is 30.0 Å². The van der Waals surface area contributed by atoms with Crippen molar-refractivity contribution in [1.82, 2.24) is 20.0 Å². The highest BCUT2D eigenvalue weighted by Crippen LogP contribution is 2.21. The first-order valence-corrected chi connectivity index (χ1v) is 7.51. The summed E-state index contributed by atoms with van der Waals surface area (Å²) in [6, 6.07) is 8.55. The summed E-state index contributed by atoms with van der Waals surface area (Å²) in [6.07, 6.45) is 0. The SMILES string of the molecule is CCn1nc(CN2CCNC(C)(C)C2)c2ccccc21. The van der Waals surface area contributed by atoms with Crippen molar-refractivity contribution >= 4 is 10.9 Å². The number of fused-ring (bicyclic) bond motifs is 1. The molecule has 0 spiro atoms. The van der Waals surface area contributed by atoms with Crippen molar-refractivity contribution < 1.29 is 0 Å². The van der Waals surface area contributed by atoms with Crippen molar-refractivity contribution in [2.24, 2.45) is 0 Å². The lowest BCUT2D eigenvalue weighted by atomic mass is 10.0. The first-order valence-electron chi connectivity index (χ1n) is 7.51. The van der Waals surface area contributed by atoms with Crippen LogP contribution in [0.25, 0.3) is 10.9 Å². The Kier molecular flexibility index (Phi) is 3.52. The van der Waals surface area contributed by atoms with Gasteiger partial charge >= 0.3 is 0 Å². The maximum absolute atomic E-state index is 4.80. The van der Waals surface area contributed by atoms with Crippen LogP contribution in [0.15, 0.2) is 24.3 Å². The predicted octanol–water partition coefficient (Wildman–Crippen LogP) is 2.24. The van der Waals surface area contributed by atoms with E-state index < -0.39 is 0 Å². The minimum atomic E-state index is 0.196. The summed E-state index contributed by atoms with van der Waals surface area (Å²) in [7, 11) is 0. The summed E-state index contributed by atoms with van der Waals surface area (Å²) in [6.45, 7) is 11.8. The van der Waals surface area contributed by atoms with E-state index in [4.69, 9.17) is 5.10 Å². The number of aromatic nitrogens is 2. The number of nitrogens with zero attached hydrogens (tertiary/aromatic N) is 3. The highest BCUT2D eigenvalue weighted by molar-refractivity contribution is 5.81. The van der Waals surface area contributed by atoms with Gasteiger partial charge in [0.25, 0.3) is 0 Å². The van der Waals surface area contributed by atoms with Crippen LogP contribution in [0.4, 0.5) is 0 Å². The van der Waals surface area contributed by atoms with E-state index in [0.717, 1.165) is 32.7 Å². The van der Waals surface area contributed by atoms with Crippen LogP contribution in [0.5, 0.6) is 0 Å². The molecule has 0 saturated carbocycles. The fraction of sp³-hybridized carbons (Fsp3) is 0.562. The van der Waals surface area contributed by atoms with Gasteiger partial charge in [0.1, 0.15) is 0 Å². The Morgan fingerprint density at radius 3 is 2.85 bits per heavy atom. The van der Waals surface area contributed by atoms with Crippen molar-refractivity contribution in [3.63, 3.8) is 0 Å². The van der Waals surface area contributed by atoms with Gasteiger partial charge in [0.05, 0.1) is 11.2 Å². The fourth-order valence-electron chi connectivity index (χ4n) is 3.15. The molecule has 1 aromatic carbocycles. The second-order valence-electron chi connectivity index (χ2n) is 6.30. The molecule has 0 bridgehead atoms. The monoisotopic (exact) mass is 272 g/mol. The van der Waals surface area contributed by atoms with Crippen LogP contribution in [-0.4, -0.2) is 39.9 Å². The molecule has 108 valence electrons. The molecule has 1 fully saturated rings. The van der Waals surface area contributed by atoms with Crippen LogP contribution in [0, 0.1) is 0 Å². The third kappa shape index (κ3) is 2.58. The highest BCUT2D eigenvalue weighted by atomic mass is 15.3. The van der Waals surface area contributed by atoms with Crippen LogP contribution >= 0.6 is 0 Å². The molecule has 2 heterocycles. The molecular weight excluding hydrogens is 248 g/mol. The summed E-state index contributed by atoms with van der Waals surface area (Å²) in [5, 5.41) is 9.66. The quantitative estimate of drug-likeness (QED) is 0.930. The minimum absolute atomic E-state index is 0.196. The molecule has 2 aromatic rings. The van der Waals surface area contributed by atoms with Gasteiger partial charge in [0, 0.05) is 43.6 Å². The van der Waals surface area contributed by atoms with Gasteiger partial charge in [-0.2, -0.15) is 5.10 Å². The number of para-hydroxylation sites is 1. The van der Waals surface area contributed by atoms with E-state index in [1.54, 1.807) is 0 Å². The van der Waals surface area contributed by atoms with Gasteiger partial charge in [-0.1, -0.05) is 18.2 Å². The molecule has 1 N–H and O–H groups in total. The maximum Gasteiger partial charge on any atom is 0.0843 e. The van der Waals surface area contributed by atoms with Gasteiger partial charge in [-0.15, -0.1) is 0 Å². The Balaban J connectivity index is 1.87. The van der Waals surface area contributed by atoms with Crippen molar-refractivity contribution in [3.8, 4) is 0 Å². The largest absolute Gasteiger partial charge is 0.309 e. The summed E-state index contributed by atoms with van der Waals surface area (Å²) in [5.74, 6) is 0. The molecule has 0 amide bonds. The van der Waals surface area contributed by atoms with E-state index >= 15 is 0 Å². The first-order chi connectivity index (χ1) is 9.59. The molecule has 0 radical (unpaired) electrons. The van der Waals surface area contributed by atoms with Crippen LogP contribution < -0.4 is 5.32 Å². The third-order valence-electron chi connectivity index (χ3n) is 4.06. The Morgan fingerprint density at radius 1 is 1.30 bits per heavy atom. The lowest BCUT2D eigenvalue weighted by Crippen LogP contribution is -2.56. The number of rotatable bonds is 3. The smallest absolute Gasteiger partial charge is 0.0843 e. The van der Waals surface area contributed by atoms with Gasteiger partial charge in [0.2, 0.25) is 0 Å². The second-order valence-corrected chi connectivity index (χ2v) is 6.30. The Hall–Kier alpha value is -1.39. The van der Waals surface area contributed by atoms with E-state index in [0.29, 0.717) is 0 Å². The van der Waals surface area contributed by atoms with Crippen LogP contribution in [0.3, 0.4) is 0 Å².